The second-order valence-corrected chi connectivity index (χ2v) is 7.34. The molecule has 0 saturated carbocycles. The number of carbonyl (C=O) groups excluding carboxylic acids is 1. The summed E-state index contributed by atoms with van der Waals surface area (Å²) in [6.45, 7) is 8.87. The van der Waals surface area contributed by atoms with E-state index < -0.39 is 10.9 Å². The van der Waals surface area contributed by atoms with Gasteiger partial charge in [0.1, 0.15) is 5.69 Å². The molecule has 0 spiro atoms. The zero-order chi connectivity index (χ0) is 19.6. The summed E-state index contributed by atoms with van der Waals surface area (Å²) < 4.78 is 4.66. The minimum atomic E-state index is -0.678. The molecule has 2 fully saturated rings. The minimum Gasteiger partial charge on any atom is -0.465 e. The highest BCUT2D eigenvalue weighted by molar-refractivity contribution is 6.34. The number of ether oxygens (including phenoxy) is 1. The zero-order valence-electron chi connectivity index (χ0n) is 15.7. The zero-order valence-corrected chi connectivity index (χ0v) is 16.4. The summed E-state index contributed by atoms with van der Waals surface area (Å²) in [5.41, 5.74) is 0.365. The van der Waals surface area contributed by atoms with Crippen LogP contribution in [0.1, 0.15) is 23.7 Å². The fourth-order valence-corrected chi connectivity index (χ4v) is 4.16. The Morgan fingerprint density at radius 1 is 1.30 bits per heavy atom. The van der Waals surface area contributed by atoms with E-state index in [9.17, 15) is 14.9 Å². The van der Waals surface area contributed by atoms with Crippen LogP contribution in [0.15, 0.2) is 12.1 Å². The summed E-state index contributed by atoms with van der Waals surface area (Å²) in [5, 5.41) is 11.7. The smallest absolute Gasteiger partial charge is 0.339 e. The second kappa shape index (κ2) is 8.41. The second-order valence-electron chi connectivity index (χ2n) is 6.93. The first-order valence-corrected chi connectivity index (χ1v) is 9.60. The molecule has 8 nitrogen and oxygen atoms in total. The molecule has 2 aliphatic heterocycles. The number of piperazine rings is 1. The van der Waals surface area contributed by atoms with Crippen LogP contribution >= 0.6 is 11.6 Å². The molecular formula is C18H25ClN4O4. The lowest BCUT2D eigenvalue weighted by Gasteiger charge is -2.37. The van der Waals surface area contributed by atoms with E-state index in [0.29, 0.717) is 11.7 Å². The summed E-state index contributed by atoms with van der Waals surface area (Å²) in [5.74, 6) is -0.678. The summed E-state index contributed by atoms with van der Waals surface area (Å²) >= 11 is 6.21. The molecule has 2 saturated heterocycles. The number of hydrogen-bond acceptors (Lipinski definition) is 7. The topological polar surface area (TPSA) is 79.2 Å². The molecule has 0 amide bonds. The normalized spacial score (nSPS) is 21.4. The lowest BCUT2D eigenvalue weighted by molar-refractivity contribution is -0.384. The van der Waals surface area contributed by atoms with E-state index in [1.54, 1.807) is 0 Å². The van der Waals surface area contributed by atoms with E-state index in [2.05, 4.69) is 21.5 Å². The monoisotopic (exact) mass is 396 g/mol. The van der Waals surface area contributed by atoms with Gasteiger partial charge in [0.25, 0.3) is 5.69 Å². The molecule has 0 aromatic heterocycles. The first-order valence-electron chi connectivity index (χ1n) is 9.22. The summed E-state index contributed by atoms with van der Waals surface area (Å²) in [6, 6.07) is 3.11. The molecule has 3 rings (SSSR count). The van der Waals surface area contributed by atoms with Gasteiger partial charge in [-0.25, -0.2) is 4.79 Å². The molecule has 1 aromatic rings. The molecule has 0 N–H and O–H groups in total. The number of halogens is 1. The van der Waals surface area contributed by atoms with E-state index in [4.69, 9.17) is 11.6 Å². The van der Waals surface area contributed by atoms with Crippen LogP contribution in [-0.4, -0.2) is 79.7 Å². The van der Waals surface area contributed by atoms with Crippen LogP contribution in [0.3, 0.4) is 0 Å². The minimum absolute atomic E-state index is 0.0149. The van der Waals surface area contributed by atoms with Gasteiger partial charge in [-0.3, -0.25) is 15.0 Å². The van der Waals surface area contributed by atoms with E-state index in [1.165, 1.54) is 19.2 Å². The number of benzene rings is 1. The third-order valence-corrected chi connectivity index (χ3v) is 5.85. The first-order chi connectivity index (χ1) is 12.9. The van der Waals surface area contributed by atoms with Gasteiger partial charge >= 0.3 is 5.97 Å². The Hall–Kier alpha value is -1.90. The van der Waals surface area contributed by atoms with Crippen LogP contribution in [0.25, 0.3) is 0 Å². The van der Waals surface area contributed by atoms with E-state index in [0.717, 1.165) is 52.2 Å². The highest BCUT2D eigenvalue weighted by Crippen LogP contribution is 2.36. The number of nitrogens with zero attached hydrogens (tertiary/aromatic N) is 4. The molecule has 0 aliphatic carbocycles. The molecule has 0 bridgehead atoms. The van der Waals surface area contributed by atoms with Crippen LogP contribution < -0.4 is 4.90 Å². The van der Waals surface area contributed by atoms with Crippen molar-refractivity contribution in [2.24, 2.45) is 0 Å². The number of carbonyl (C=O) groups is 1. The van der Waals surface area contributed by atoms with Crippen molar-refractivity contribution in [3.05, 3.63) is 32.8 Å². The third-order valence-electron chi connectivity index (χ3n) is 5.54. The quantitative estimate of drug-likeness (QED) is 0.429. The van der Waals surface area contributed by atoms with Crippen molar-refractivity contribution >= 4 is 28.9 Å². The lowest BCUT2D eigenvalue weighted by atomic mass is 10.1. The van der Waals surface area contributed by atoms with Gasteiger partial charge in [-0.2, -0.15) is 0 Å². The average molecular weight is 397 g/mol. The fourth-order valence-electron chi connectivity index (χ4n) is 3.92. The Morgan fingerprint density at radius 3 is 2.59 bits per heavy atom. The molecule has 0 radical (unpaired) electrons. The highest BCUT2D eigenvalue weighted by atomic mass is 35.5. The molecule has 2 aliphatic rings. The molecule has 1 aromatic carbocycles. The number of anilines is 1. The number of nitro groups is 1. The Kier molecular flexibility index (Phi) is 6.18. The standard InChI is InChI=1S/C18H25ClN4O4/c1-3-20-6-8-21(9-7-20)13-4-5-22(12-13)16-11-15(19)14(18(24)27-2)10-17(16)23(25)26/h10-11,13H,3-9,12H2,1-2H3. The van der Waals surface area contributed by atoms with Gasteiger partial charge in [-0.05, 0) is 19.0 Å². The number of esters is 1. The van der Waals surface area contributed by atoms with Crippen molar-refractivity contribution in [2.75, 3.05) is 57.8 Å². The third kappa shape index (κ3) is 4.17. The Labute approximate surface area is 163 Å². The maximum Gasteiger partial charge on any atom is 0.339 e. The van der Waals surface area contributed by atoms with E-state index in [-0.39, 0.29) is 16.3 Å². The van der Waals surface area contributed by atoms with Crippen LogP contribution in [0.4, 0.5) is 11.4 Å². The van der Waals surface area contributed by atoms with Crippen LogP contribution in [0, 0.1) is 10.1 Å². The Balaban J connectivity index is 1.78. The van der Waals surface area contributed by atoms with Crippen molar-refractivity contribution < 1.29 is 14.5 Å². The molecule has 27 heavy (non-hydrogen) atoms. The first kappa shape index (κ1) is 19.9. The Morgan fingerprint density at radius 2 is 2.00 bits per heavy atom. The molecule has 148 valence electrons. The number of rotatable bonds is 5. The molecule has 2 heterocycles. The summed E-state index contributed by atoms with van der Waals surface area (Å²) in [7, 11) is 1.22. The van der Waals surface area contributed by atoms with Gasteiger partial charge in [0.15, 0.2) is 0 Å². The summed E-state index contributed by atoms with van der Waals surface area (Å²) in [6.07, 6.45) is 0.958. The molecular weight excluding hydrogens is 372 g/mol. The van der Waals surface area contributed by atoms with Crippen molar-refractivity contribution in [1.82, 2.24) is 9.80 Å². The fraction of sp³-hybridized carbons (Fsp3) is 0.611. The van der Waals surface area contributed by atoms with Gasteiger partial charge in [-0.15, -0.1) is 0 Å². The highest BCUT2D eigenvalue weighted by Gasteiger charge is 2.33. The van der Waals surface area contributed by atoms with Gasteiger partial charge in [0.05, 0.1) is 22.6 Å². The van der Waals surface area contributed by atoms with Crippen LogP contribution in [0.5, 0.6) is 0 Å². The van der Waals surface area contributed by atoms with Gasteiger partial charge in [0.2, 0.25) is 0 Å². The summed E-state index contributed by atoms with van der Waals surface area (Å²) in [4.78, 5) is 29.8. The van der Waals surface area contributed by atoms with Gasteiger partial charge in [0, 0.05) is 51.4 Å². The molecule has 1 unspecified atom stereocenters. The number of likely N-dealkylation sites (N-methyl/N-ethyl adjacent to an activating group) is 1. The van der Waals surface area contributed by atoms with Crippen molar-refractivity contribution in [2.45, 2.75) is 19.4 Å². The van der Waals surface area contributed by atoms with Gasteiger partial charge in [-0.1, -0.05) is 18.5 Å². The lowest BCUT2D eigenvalue weighted by Crippen LogP contribution is -2.50. The van der Waals surface area contributed by atoms with Crippen LogP contribution in [-0.2, 0) is 4.74 Å². The number of hydrogen-bond donors (Lipinski definition) is 0. The van der Waals surface area contributed by atoms with Crippen molar-refractivity contribution in [3.63, 3.8) is 0 Å². The van der Waals surface area contributed by atoms with E-state index in [1.807, 2.05) is 4.90 Å². The number of nitro benzene ring substituents is 1. The van der Waals surface area contributed by atoms with Crippen LogP contribution in [0.2, 0.25) is 5.02 Å². The van der Waals surface area contributed by atoms with Crippen molar-refractivity contribution in [3.8, 4) is 0 Å². The SMILES string of the molecule is CCN1CCN(C2CCN(c3cc(Cl)c(C(=O)OC)cc3[N+](=O)[O-])C2)CC1. The Bertz CT molecular complexity index is 722. The molecule has 1 atom stereocenters. The molecule has 9 heteroatoms. The largest absolute Gasteiger partial charge is 0.465 e. The van der Waals surface area contributed by atoms with Gasteiger partial charge < -0.3 is 14.5 Å². The average Bonchev–Trinajstić information content (AvgIpc) is 3.17. The predicted molar refractivity (Wildman–Crippen MR) is 104 cm³/mol. The van der Waals surface area contributed by atoms with E-state index >= 15 is 0 Å². The maximum atomic E-state index is 11.8. The maximum absolute atomic E-state index is 11.8. The predicted octanol–water partition coefficient (Wildman–Crippen LogP) is 2.25. The van der Waals surface area contributed by atoms with Crippen molar-refractivity contribution in [1.29, 1.82) is 0 Å². The number of methoxy groups -OCH3 is 1.